The van der Waals surface area contributed by atoms with Gasteiger partial charge in [0.15, 0.2) is 5.78 Å². The van der Waals surface area contributed by atoms with Gasteiger partial charge in [0.2, 0.25) is 0 Å². The van der Waals surface area contributed by atoms with Crippen molar-refractivity contribution >= 4 is 17.1 Å². The molecule has 0 amide bonds. The molecule has 152 valence electrons. The lowest BCUT2D eigenvalue weighted by atomic mass is 10.0. The van der Waals surface area contributed by atoms with Crippen LogP contribution in [0.25, 0.3) is 0 Å². The monoisotopic (exact) mass is 402 g/mol. The van der Waals surface area contributed by atoms with E-state index in [4.69, 9.17) is 4.74 Å². The van der Waals surface area contributed by atoms with Gasteiger partial charge in [0.1, 0.15) is 5.75 Å². The molecule has 1 fully saturated rings. The van der Waals surface area contributed by atoms with Crippen LogP contribution in [-0.2, 0) is 13.1 Å². The zero-order valence-corrected chi connectivity index (χ0v) is 17.8. The number of carbonyl (C=O) groups excluding carboxylic acids is 1. The molecule has 1 aromatic heterocycles. The van der Waals surface area contributed by atoms with Gasteiger partial charge in [-0.15, -0.1) is 11.3 Å². The summed E-state index contributed by atoms with van der Waals surface area (Å²) in [4.78, 5) is 17.3. The van der Waals surface area contributed by atoms with Crippen LogP contribution >= 0.6 is 11.3 Å². The van der Waals surface area contributed by atoms with Crippen LogP contribution in [0.5, 0.6) is 5.75 Å². The molecule has 0 aliphatic carbocycles. The molecule has 2 aromatic rings. The lowest BCUT2D eigenvalue weighted by Crippen LogP contribution is -2.52. The van der Waals surface area contributed by atoms with E-state index in [1.54, 1.807) is 14.0 Å². The summed E-state index contributed by atoms with van der Waals surface area (Å²) in [7, 11) is 1.70. The molecule has 1 saturated heterocycles. The number of carbonyl (C=O) groups is 1. The molecule has 0 bridgehead atoms. The van der Waals surface area contributed by atoms with Gasteiger partial charge in [-0.25, -0.2) is 0 Å². The highest BCUT2D eigenvalue weighted by molar-refractivity contribution is 7.12. The summed E-state index contributed by atoms with van der Waals surface area (Å²) in [6.45, 7) is 8.53. The lowest BCUT2D eigenvalue weighted by molar-refractivity contribution is 0.0500. The van der Waals surface area contributed by atoms with Crippen molar-refractivity contribution in [3.63, 3.8) is 0 Å². The third-order valence-corrected chi connectivity index (χ3v) is 6.48. The van der Waals surface area contributed by atoms with Crippen LogP contribution in [0.3, 0.4) is 0 Å². The van der Waals surface area contributed by atoms with Gasteiger partial charge in [-0.1, -0.05) is 12.1 Å². The first-order valence-corrected chi connectivity index (χ1v) is 10.7. The average Bonchev–Trinajstić information content (AvgIpc) is 3.13. The van der Waals surface area contributed by atoms with Crippen LogP contribution in [0.4, 0.5) is 0 Å². The largest absolute Gasteiger partial charge is 0.496 e. The first-order chi connectivity index (χ1) is 13.5. The quantitative estimate of drug-likeness (QED) is 0.687. The third kappa shape index (κ3) is 5.20. The van der Waals surface area contributed by atoms with E-state index in [9.17, 15) is 9.90 Å². The van der Waals surface area contributed by atoms with E-state index in [1.807, 2.05) is 12.1 Å². The zero-order chi connectivity index (χ0) is 20.1. The van der Waals surface area contributed by atoms with E-state index in [-0.39, 0.29) is 12.4 Å². The Morgan fingerprint density at radius 2 is 2.07 bits per heavy atom. The predicted octanol–water partition coefficient (Wildman–Crippen LogP) is 3.34. The molecular weight excluding hydrogens is 372 g/mol. The Labute approximate surface area is 171 Å². The van der Waals surface area contributed by atoms with Crippen LogP contribution in [0, 0.1) is 6.92 Å². The van der Waals surface area contributed by atoms with Gasteiger partial charge in [0, 0.05) is 45.4 Å². The number of Topliss-reactive ketones (excluding diaryl/α,β-unsaturated/α-hetero) is 1. The molecule has 1 aliphatic rings. The summed E-state index contributed by atoms with van der Waals surface area (Å²) >= 11 is 1.53. The molecule has 1 unspecified atom stereocenters. The Morgan fingerprint density at radius 1 is 1.25 bits per heavy atom. The number of aliphatic hydroxyl groups is 1. The molecule has 1 atom stereocenters. The van der Waals surface area contributed by atoms with Crippen LogP contribution < -0.4 is 4.74 Å². The fourth-order valence-electron chi connectivity index (χ4n) is 3.91. The summed E-state index contributed by atoms with van der Waals surface area (Å²) in [6.07, 6.45) is 0.772. The summed E-state index contributed by atoms with van der Waals surface area (Å²) in [5.74, 6) is 1.05. The van der Waals surface area contributed by atoms with Gasteiger partial charge in [0.25, 0.3) is 0 Å². The molecule has 0 saturated carbocycles. The average molecular weight is 403 g/mol. The standard InChI is InChI=1S/C22H30N2O3S/c1-16-10-18(4-5-21(16)27-3)13-24-8-7-23(14-20(24)6-9-25)12-19-11-22(17(2)26)28-15-19/h4-5,10-11,15,20,25H,6-9,12-14H2,1-3H3. The maximum Gasteiger partial charge on any atom is 0.169 e. The van der Waals surface area contributed by atoms with Gasteiger partial charge >= 0.3 is 0 Å². The number of hydrogen-bond donors (Lipinski definition) is 1. The van der Waals surface area contributed by atoms with Crippen molar-refractivity contribution in [3.05, 3.63) is 51.2 Å². The summed E-state index contributed by atoms with van der Waals surface area (Å²) in [5.41, 5.74) is 3.63. The molecule has 3 rings (SSSR count). The first-order valence-electron chi connectivity index (χ1n) is 9.79. The molecule has 1 aliphatic heterocycles. The Bertz CT molecular complexity index is 805. The molecule has 0 spiro atoms. The number of rotatable bonds is 8. The number of ether oxygens (including phenoxy) is 1. The molecule has 28 heavy (non-hydrogen) atoms. The Morgan fingerprint density at radius 3 is 2.71 bits per heavy atom. The SMILES string of the molecule is COc1ccc(CN2CCN(Cc3csc(C(C)=O)c3)CC2CCO)cc1C. The second-order valence-electron chi connectivity index (χ2n) is 7.55. The van der Waals surface area contributed by atoms with Crippen molar-refractivity contribution in [2.75, 3.05) is 33.4 Å². The lowest BCUT2D eigenvalue weighted by Gasteiger charge is -2.41. The minimum absolute atomic E-state index is 0.133. The van der Waals surface area contributed by atoms with Gasteiger partial charge in [-0.05, 0) is 54.5 Å². The maximum absolute atomic E-state index is 11.5. The van der Waals surface area contributed by atoms with Crippen LogP contribution in [-0.4, -0.2) is 60.1 Å². The third-order valence-electron chi connectivity index (χ3n) is 5.40. The van der Waals surface area contributed by atoms with Crippen molar-refractivity contribution in [3.8, 4) is 5.75 Å². The number of hydrogen-bond acceptors (Lipinski definition) is 6. The number of nitrogens with zero attached hydrogens (tertiary/aromatic N) is 2. The van der Waals surface area contributed by atoms with Crippen molar-refractivity contribution < 1.29 is 14.6 Å². The van der Waals surface area contributed by atoms with E-state index in [0.29, 0.717) is 6.04 Å². The van der Waals surface area contributed by atoms with E-state index in [1.165, 1.54) is 22.5 Å². The van der Waals surface area contributed by atoms with E-state index in [2.05, 4.69) is 34.2 Å². The second kappa shape index (κ2) is 9.65. The van der Waals surface area contributed by atoms with E-state index in [0.717, 1.165) is 55.3 Å². The summed E-state index contributed by atoms with van der Waals surface area (Å²) in [6, 6.07) is 8.69. The molecule has 1 N–H and O–H groups in total. The van der Waals surface area contributed by atoms with Gasteiger partial charge in [-0.2, -0.15) is 0 Å². The Hall–Kier alpha value is -1.73. The number of thiophene rings is 1. The number of piperazine rings is 1. The van der Waals surface area contributed by atoms with Gasteiger partial charge in [-0.3, -0.25) is 14.6 Å². The fourth-order valence-corrected chi connectivity index (χ4v) is 4.71. The zero-order valence-electron chi connectivity index (χ0n) is 17.0. The van der Waals surface area contributed by atoms with Crippen molar-refractivity contribution in [1.82, 2.24) is 9.80 Å². The number of benzene rings is 1. The smallest absolute Gasteiger partial charge is 0.169 e. The Balaban J connectivity index is 1.63. The number of methoxy groups -OCH3 is 1. The topological polar surface area (TPSA) is 53.0 Å². The molecule has 2 heterocycles. The van der Waals surface area contributed by atoms with Crippen molar-refractivity contribution in [2.45, 2.75) is 39.4 Å². The normalized spacial score (nSPS) is 18.4. The maximum atomic E-state index is 11.5. The first kappa shape index (κ1) is 21.0. The number of ketones is 1. The molecule has 5 nitrogen and oxygen atoms in total. The van der Waals surface area contributed by atoms with Crippen LogP contribution in [0.2, 0.25) is 0 Å². The highest BCUT2D eigenvalue weighted by Gasteiger charge is 2.27. The van der Waals surface area contributed by atoms with Gasteiger partial charge < -0.3 is 9.84 Å². The van der Waals surface area contributed by atoms with E-state index < -0.39 is 0 Å². The number of aryl methyl sites for hydroxylation is 1. The minimum atomic E-state index is 0.133. The van der Waals surface area contributed by atoms with Crippen LogP contribution in [0.1, 0.15) is 39.7 Å². The Kier molecular flexibility index (Phi) is 7.24. The van der Waals surface area contributed by atoms with Crippen LogP contribution in [0.15, 0.2) is 29.6 Å². The molecule has 1 aromatic carbocycles. The van der Waals surface area contributed by atoms with E-state index >= 15 is 0 Å². The van der Waals surface area contributed by atoms with Crippen molar-refractivity contribution in [2.24, 2.45) is 0 Å². The molecular formula is C22H30N2O3S. The second-order valence-corrected chi connectivity index (χ2v) is 8.46. The van der Waals surface area contributed by atoms with Crippen molar-refractivity contribution in [1.29, 1.82) is 0 Å². The van der Waals surface area contributed by atoms with Gasteiger partial charge in [0.05, 0.1) is 12.0 Å². The molecule has 6 heteroatoms. The highest BCUT2D eigenvalue weighted by atomic mass is 32.1. The predicted molar refractivity (Wildman–Crippen MR) is 113 cm³/mol. The fraction of sp³-hybridized carbons (Fsp3) is 0.500. The number of aliphatic hydroxyl groups excluding tert-OH is 1. The summed E-state index contributed by atoms with van der Waals surface area (Å²) in [5, 5.41) is 11.6. The minimum Gasteiger partial charge on any atom is -0.496 e. The summed E-state index contributed by atoms with van der Waals surface area (Å²) < 4.78 is 5.36. The molecule has 0 radical (unpaired) electrons. The highest BCUT2D eigenvalue weighted by Crippen LogP contribution is 2.23.